The Hall–Kier alpha value is -2.48. The van der Waals surface area contributed by atoms with Crippen LogP contribution in [0.5, 0.6) is 5.75 Å². The number of aromatic nitrogens is 1. The van der Waals surface area contributed by atoms with Crippen molar-refractivity contribution in [2.75, 3.05) is 19.0 Å². The minimum absolute atomic E-state index is 0.277. The highest BCUT2D eigenvalue weighted by Crippen LogP contribution is 2.36. The van der Waals surface area contributed by atoms with Crippen LogP contribution < -0.4 is 10.1 Å². The molecule has 0 aliphatic rings. The molecule has 1 N–H and O–H groups in total. The van der Waals surface area contributed by atoms with Crippen LogP contribution in [0.25, 0.3) is 11.3 Å². The van der Waals surface area contributed by atoms with E-state index in [1.807, 2.05) is 24.3 Å². The van der Waals surface area contributed by atoms with Gasteiger partial charge in [0, 0.05) is 16.4 Å². The van der Waals surface area contributed by atoms with E-state index in [1.165, 1.54) is 18.4 Å². The van der Waals surface area contributed by atoms with Crippen molar-refractivity contribution in [1.29, 1.82) is 0 Å². The van der Waals surface area contributed by atoms with E-state index in [9.17, 15) is 0 Å². The number of nitrogens with one attached hydrogen (secondary N) is 1. The van der Waals surface area contributed by atoms with E-state index in [0.29, 0.717) is 11.6 Å². The molecule has 0 fully saturated rings. The van der Waals surface area contributed by atoms with Crippen LogP contribution in [0.15, 0.2) is 48.5 Å². The molecule has 3 aromatic rings. The summed E-state index contributed by atoms with van der Waals surface area (Å²) in [6.45, 7) is 4.84. The van der Waals surface area contributed by atoms with Gasteiger partial charge in [0.25, 0.3) is 0 Å². The molecule has 0 aliphatic carbocycles. The number of nitrogens with zero attached hydrogens (tertiary/aromatic N) is 1. The van der Waals surface area contributed by atoms with E-state index < -0.39 is 0 Å². The molecule has 156 valence electrons. The number of benzene rings is 2. The first kappa shape index (κ1) is 22.2. The first-order valence-electron chi connectivity index (χ1n) is 10.2. The van der Waals surface area contributed by atoms with Crippen LogP contribution in [0.3, 0.4) is 0 Å². The summed E-state index contributed by atoms with van der Waals surface area (Å²) in [6.07, 6.45) is 3.45. The smallest absolute Gasteiger partial charge is 0.184 e. The Morgan fingerprint density at radius 1 is 1.20 bits per heavy atom. The van der Waals surface area contributed by atoms with Gasteiger partial charge in [0.05, 0.1) is 24.4 Å². The molecule has 0 spiro atoms. The van der Waals surface area contributed by atoms with Crippen LogP contribution in [-0.4, -0.2) is 18.6 Å². The van der Waals surface area contributed by atoms with Crippen molar-refractivity contribution in [1.82, 2.24) is 4.98 Å². The Kier molecular flexibility index (Phi) is 8.19. The maximum atomic E-state index is 6.43. The number of anilines is 1. The average molecular weight is 439 g/mol. The molecule has 1 heterocycles. The minimum atomic E-state index is 0.277. The van der Waals surface area contributed by atoms with Crippen LogP contribution in [0.1, 0.15) is 42.5 Å². The number of ether oxygens (including phenoxy) is 1. The van der Waals surface area contributed by atoms with Gasteiger partial charge in [-0.1, -0.05) is 73.5 Å². The van der Waals surface area contributed by atoms with Gasteiger partial charge >= 0.3 is 0 Å². The number of methoxy groups -OCH3 is 1. The Morgan fingerprint density at radius 2 is 2.00 bits per heavy atom. The topological polar surface area (TPSA) is 34.2 Å². The molecular formula is C25H27ClN2OS. The predicted molar refractivity (Wildman–Crippen MR) is 129 cm³/mol. The molecule has 0 amide bonds. The molecule has 0 unspecified atom stereocenters. The van der Waals surface area contributed by atoms with Crippen molar-refractivity contribution in [3.8, 4) is 28.8 Å². The summed E-state index contributed by atoms with van der Waals surface area (Å²) < 4.78 is 5.23. The van der Waals surface area contributed by atoms with E-state index >= 15 is 0 Å². The van der Waals surface area contributed by atoms with Crippen LogP contribution >= 0.6 is 22.9 Å². The molecule has 3 rings (SSSR count). The van der Waals surface area contributed by atoms with Crippen LogP contribution in [-0.2, 0) is 0 Å². The van der Waals surface area contributed by atoms with Gasteiger partial charge in [0.15, 0.2) is 5.13 Å². The Labute approximate surface area is 188 Å². The highest BCUT2D eigenvalue weighted by atomic mass is 35.5. The molecule has 1 atom stereocenters. The second kappa shape index (κ2) is 11.1. The minimum Gasteiger partial charge on any atom is -0.497 e. The third-order valence-electron chi connectivity index (χ3n) is 4.88. The number of thiazole rings is 1. The second-order valence-corrected chi connectivity index (χ2v) is 8.66. The van der Waals surface area contributed by atoms with E-state index in [1.54, 1.807) is 18.4 Å². The van der Waals surface area contributed by atoms with Gasteiger partial charge in [-0.3, -0.25) is 0 Å². The van der Waals surface area contributed by atoms with Crippen LogP contribution in [0.2, 0.25) is 5.02 Å². The number of hydrogen-bond acceptors (Lipinski definition) is 4. The molecule has 0 radical (unpaired) electrons. The van der Waals surface area contributed by atoms with Crippen molar-refractivity contribution in [3.63, 3.8) is 0 Å². The quantitative estimate of drug-likeness (QED) is 0.378. The van der Waals surface area contributed by atoms with Gasteiger partial charge in [-0.15, -0.1) is 11.3 Å². The Morgan fingerprint density at radius 3 is 2.70 bits per heavy atom. The normalized spacial score (nSPS) is 11.5. The fourth-order valence-corrected chi connectivity index (χ4v) is 4.33. The lowest BCUT2D eigenvalue weighted by Gasteiger charge is -2.10. The molecule has 3 nitrogen and oxygen atoms in total. The lowest BCUT2D eigenvalue weighted by molar-refractivity contribution is 0.415. The zero-order chi connectivity index (χ0) is 21.3. The fourth-order valence-electron chi connectivity index (χ4n) is 3.25. The summed E-state index contributed by atoms with van der Waals surface area (Å²) in [4.78, 5) is 5.85. The zero-order valence-electron chi connectivity index (χ0n) is 17.7. The molecule has 0 saturated carbocycles. The van der Waals surface area contributed by atoms with Gasteiger partial charge in [-0.25, -0.2) is 4.98 Å². The molecule has 0 aliphatic heterocycles. The number of halogens is 1. The molecule has 1 aromatic heterocycles. The number of aryl methyl sites for hydroxylation is 1. The summed E-state index contributed by atoms with van der Waals surface area (Å²) in [6, 6.07) is 16.2. The monoisotopic (exact) mass is 438 g/mol. The summed E-state index contributed by atoms with van der Waals surface area (Å²) in [5.41, 5.74) is 3.10. The summed E-state index contributed by atoms with van der Waals surface area (Å²) in [5, 5.41) is 4.84. The maximum absolute atomic E-state index is 6.43. The van der Waals surface area contributed by atoms with Crippen LogP contribution in [0, 0.1) is 18.8 Å². The summed E-state index contributed by atoms with van der Waals surface area (Å²) >= 11 is 8.04. The number of rotatable bonds is 8. The third-order valence-corrected chi connectivity index (χ3v) is 6.12. The SMILES string of the molecule is CCCC[C@H](C#CCNc1nc(-c2ccc(OC)cc2Cl)c(C)s1)c1ccccc1. The van der Waals surface area contributed by atoms with Crippen molar-refractivity contribution < 1.29 is 4.74 Å². The standard InChI is InChI=1S/C25H27ClN2OS/c1-4-5-10-19(20-11-7-6-8-12-20)13-9-16-27-25-28-24(18(2)30-25)22-15-14-21(29-3)17-23(22)26/h6-8,11-12,14-15,17,19H,4-5,10,16H2,1-3H3,(H,27,28)/t19-/m1/s1. The van der Waals surface area contributed by atoms with Crippen molar-refractivity contribution in [2.24, 2.45) is 0 Å². The number of unbranched alkanes of at least 4 members (excludes halogenated alkanes) is 1. The van der Waals surface area contributed by atoms with Crippen LogP contribution in [0.4, 0.5) is 5.13 Å². The van der Waals surface area contributed by atoms with E-state index in [0.717, 1.165) is 33.4 Å². The predicted octanol–water partition coefficient (Wildman–Crippen LogP) is 7.17. The van der Waals surface area contributed by atoms with Gasteiger partial charge in [0.2, 0.25) is 0 Å². The molecule has 0 bridgehead atoms. The molecular weight excluding hydrogens is 412 g/mol. The molecule has 30 heavy (non-hydrogen) atoms. The van der Waals surface area contributed by atoms with Crippen molar-refractivity contribution in [2.45, 2.75) is 39.0 Å². The fraction of sp³-hybridized carbons (Fsp3) is 0.320. The highest BCUT2D eigenvalue weighted by Gasteiger charge is 2.13. The van der Waals surface area contributed by atoms with E-state index in [-0.39, 0.29) is 5.92 Å². The van der Waals surface area contributed by atoms with Crippen molar-refractivity contribution >= 4 is 28.1 Å². The molecule has 0 saturated heterocycles. The first-order valence-corrected chi connectivity index (χ1v) is 11.4. The van der Waals surface area contributed by atoms with Gasteiger partial charge in [-0.05, 0) is 37.1 Å². The molecule has 2 aromatic carbocycles. The Bertz CT molecular complexity index is 1020. The zero-order valence-corrected chi connectivity index (χ0v) is 19.2. The number of hydrogen-bond donors (Lipinski definition) is 1. The van der Waals surface area contributed by atoms with Gasteiger partial charge < -0.3 is 10.1 Å². The third kappa shape index (κ3) is 5.78. The molecule has 5 heteroatoms. The first-order chi connectivity index (χ1) is 14.6. The van der Waals surface area contributed by atoms with E-state index in [2.05, 4.69) is 55.3 Å². The summed E-state index contributed by atoms with van der Waals surface area (Å²) in [7, 11) is 1.63. The summed E-state index contributed by atoms with van der Waals surface area (Å²) in [5.74, 6) is 7.76. The van der Waals surface area contributed by atoms with Gasteiger partial charge in [-0.2, -0.15) is 0 Å². The van der Waals surface area contributed by atoms with Gasteiger partial charge in [0.1, 0.15) is 5.75 Å². The van der Waals surface area contributed by atoms with Crippen molar-refractivity contribution in [3.05, 3.63) is 64.0 Å². The largest absolute Gasteiger partial charge is 0.497 e. The average Bonchev–Trinajstić information content (AvgIpc) is 3.13. The highest BCUT2D eigenvalue weighted by molar-refractivity contribution is 7.16. The Balaban J connectivity index is 1.68. The maximum Gasteiger partial charge on any atom is 0.184 e. The second-order valence-electron chi connectivity index (χ2n) is 7.05. The van der Waals surface area contributed by atoms with E-state index in [4.69, 9.17) is 21.3 Å². The lowest BCUT2D eigenvalue weighted by atomic mass is 9.94. The lowest BCUT2D eigenvalue weighted by Crippen LogP contribution is -2.00.